The zero-order valence-electron chi connectivity index (χ0n) is 20.1. The third-order valence-corrected chi connectivity index (χ3v) is 5.80. The molecule has 8 heteroatoms. The second kappa shape index (κ2) is 11.8. The number of nitrogens with one attached hydrogen (secondary N) is 2. The molecule has 0 aromatic heterocycles. The van der Waals surface area contributed by atoms with Crippen LogP contribution in [0.5, 0.6) is 11.5 Å². The number of nitriles is 1. The minimum Gasteiger partial charge on any atom is -0.497 e. The standard InChI is InChI=1S/C26H34N4O4/c1-26(2,15-19-4-7-23(33-3)8-5-19)29-17-22(31)18-34-24-9-6-20(14-21(24)16-27)25(32)30-12-10-28-11-13-30/h4-9,14,22,28-29,31H,10-13,15,17-18H2,1-3H3/t22-/m1/s1. The molecule has 1 heterocycles. The van der Waals surface area contributed by atoms with E-state index in [0.717, 1.165) is 30.8 Å². The fourth-order valence-electron chi connectivity index (χ4n) is 3.88. The summed E-state index contributed by atoms with van der Waals surface area (Å²) in [7, 11) is 1.64. The second-order valence-corrected chi connectivity index (χ2v) is 9.12. The van der Waals surface area contributed by atoms with E-state index in [1.165, 1.54) is 0 Å². The number of carbonyl (C=O) groups excluding carboxylic acids is 1. The van der Waals surface area contributed by atoms with Crippen molar-refractivity contribution in [3.63, 3.8) is 0 Å². The van der Waals surface area contributed by atoms with Crippen molar-refractivity contribution in [2.24, 2.45) is 0 Å². The molecule has 1 aliphatic heterocycles. The highest BCUT2D eigenvalue weighted by Crippen LogP contribution is 2.21. The molecule has 34 heavy (non-hydrogen) atoms. The lowest BCUT2D eigenvalue weighted by molar-refractivity contribution is 0.0735. The SMILES string of the molecule is COc1ccc(CC(C)(C)NC[C@@H](O)COc2ccc(C(=O)N3CCNCC3)cc2C#N)cc1. The van der Waals surface area contributed by atoms with Gasteiger partial charge in [-0.15, -0.1) is 0 Å². The Labute approximate surface area is 201 Å². The van der Waals surface area contributed by atoms with Crippen LogP contribution in [0, 0.1) is 11.3 Å². The van der Waals surface area contributed by atoms with E-state index < -0.39 is 6.10 Å². The molecule has 1 amide bonds. The number of hydrogen-bond acceptors (Lipinski definition) is 7. The Bertz CT molecular complexity index is 995. The first-order chi connectivity index (χ1) is 16.3. The van der Waals surface area contributed by atoms with Gasteiger partial charge in [-0.1, -0.05) is 12.1 Å². The molecule has 0 bridgehead atoms. The van der Waals surface area contributed by atoms with E-state index in [4.69, 9.17) is 9.47 Å². The average Bonchev–Trinajstić information content (AvgIpc) is 2.86. The van der Waals surface area contributed by atoms with Crippen LogP contribution in [0.3, 0.4) is 0 Å². The number of hydrogen-bond donors (Lipinski definition) is 3. The molecule has 0 spiro atoms. The van der Waals surface area contributed by atoms with E-state index >= 15 is 0 Å². The summed E-state index contributed by atoms with van der Waals surface area (Å²) in [4.78, 5) is 14.5. The Morgan fingerprint density at radius 1 is 1.24 bits per heavy atom. The summed E-state index contributed by atoms with van der Waals surface area (Å²) < 4.78 is 10.9. The lowest BCUT2D eigenvalue weighted by atomic mass is 9.94. The van der Waals surface area contributed by atoms with E-state index in [1.54, 1.807) is 30.2 Å². The van der Waals surface area contributed by atoms with Crippen LogP contribution < -0.4 is 20.1 Å². The van der Waals surface area contributed by atoms with Gasteiger partial charge in [0.15, 0.2) is 0 Å². The van der Waals surface area contributed by atoms with E-state index in [1.807, 2.05) is 24.3 Å². The van der Waals surface area contributed by atoms with E-state index in [-0.39, 0.29) is 23.6 Å². The van der Waals surface area contributed by atoms with Crippen molar-refractivity contribution in [2.45, 2.75) is 31.9 Å². The maximum atomic E-state index is 12.7. The number of β-amino-alcohol motifs (C(OH)–C–C–N with tert-alkyl or cyclic N) is 1. The van der Waals surface area contributed by atoms with Crippen LogP contribution in [0.2, 0.25) is 0 Å². The number of amides is 1. The van der Waals surface area contributed by atoms with Gasteiger partial charge in [0.25, 0.3) is 5.91 Å². The summed E-state index contributed by atoms with van der Waals surface area (Å²) in [5.41, 5.74) is 1.67. The molecule has 2 aromatic carbocycles. The van der Waals surface area contributed by atoms with Crippen molar-refractivity contribution in [2.75, 3.05) is 46.4 Å². The van der Waals surface area contributed by atoms with Gasteiger partial charge in [0, 0.05) is 43.8 Å². The van der Waals surface area contributed by atoms with E-state index in [2.05, 4.69) is 30.6 Å². The number of rotatable bonds is 10. The first-order valence-electron chi connectivity index (χ1n) is 11.5. The van der Waals surface area contributed by atoms with Gasteiger partial charge in [-0.2, -0.15) is 5.26 Å². The van der Waals surface area contributed by atoms with Gasteiger partial charge in [-0.25, -0.2) is 0 Å². The van der Waals surface area contributed by atoms with E-state index in [0.29, 0.717) is 30.9 Å². The normalized spacial score (nSPS) is 14.9. The van der Waals surface area contributed by atoms with Crippen LogP contribution in [0.25, 0.3) is 0 Å². The molecular weight excluding hydrogens is 432 g/mol. The summed E-state index contributed by atoms with van der Waals surface area (Å²) in [6, 6.07) is 14.9. The number of benzene rings is 2. The predicted octanol–water partition coefficient (Wildman–Crippen LogP) is 1.96. The van der Waals surface area contributed by atoms with Gasteiger partial charge in [-0.3, -0.25) is 4.79 Å². The number of nitrogens with zero attached hydrogens (tertiary/aromatic N) is 2. The van der Waals surface area contributed by atoms with Crippen molar-refractivity contribution >= 4 is 5.91 Å². The first-order valence-corrected chi connectivity index (χ1v) is 11.5. The van der Waals surface area contributed by atoms with Crippen LogP contribution in [-0.4, -0.2) is 74.0 Å². The lowest BCUT2D eigenvalue weighted by Gasteiger charge is -2.28. The van der Waals surface area contributed by atoms with Gasteiger partial charge in [0.2, 0.25) is 0 Å². The number of carbonyl (C=O) groups is 1. The number of methoxy groups -OCH3 is 1. The van der Waals surface area contributed by atoms with Gasteiger partial charge in [0.1, 0.15) is 30.3 Å². The molecular formula is C26H34N4O4. The predicted molar refractivity (Wildman–Crippen MR) is 130 cm³/mol. The maximum absolute atomic E-state index is 12.7. The monoisotopic (exact) mass is 466 g/mol. The average molecular weight is 467 g/mol. The van der Waals surface area contributed by atoms with Gasteiger partial charge >= 0.3 is 0 Å². The third-order valence-electron chi connectivity index (χ3n) is 5.80. The Hall–Kier alpha value is -3.12. The molecule has 3 rings (SSSR count). The molecule has 182 valence electrons. The topological polar surface area (TPSA) is 107 Å². The van der Waals surface area contributed by atoms with Gasteiger partial charge < -0.3 is 30.1 Å². The molecule has 1 aliphatic rings. The first kappa shape index (κ1) is 25.5. The zero-order chi connectivity index (χ0) is 24.6. The summed E-state index contributed by atoms with van der Waals surface area (Å²) in [5, 5.41) is 26.6. The molecule has 1 atom stereocenters. The van der Waals surface area contributed by atoms with Crippen molar-refractivity contribution in [3.05, 3.63) is 59.2 Å². The number of aliphatic hydroxyl groups is 1. The summed E-state index contributed by atoms with van der Waals surface area (Å²) in [6.07, 6.45) is 0.0231. The Kier molecular flexibility index (Phi) is 8.88. The van der Waals surface area contributed by atoms with Gasteiger partial charge in [-0.05, 0) is 56.2 Å². The van der Waals surface area contributed by atoms with Crippen LogP contribution in [0.1, 0.15) is 35.3 Å². The molecule has 8 nitrogen and oxygen atoms in total. The molecule has 2 aromatic rings. The molecule has 0 saturated carbocycles. The molecule has 0 unspecified atom stereocenters. The van der Waals surface area contributed by atoms with E-state index in [9.17, 15) is 15.2 Å². The van der Waals surface area contributed by atoms with Crippen LogP contribution in [0.15, 0.2) is 42.5 Å². The van der Waals surface area contributed by atoms with Crippen molar-refractivity contribution in [1.29, 1.82) is 5.26 Å². The quantitative estimate of drug-likeness (QED) is 0.491. The minimum absolute atomic E-state index is 0.0331. The lowest BCUT2D eigenvalue weighted by Crippen LogP contribution is -2.46. The van der Waals surface area contributed by atoms with Crippen molar-refractivity contribution < 1.29 is 19.4 Å². The van der Waals surface area contributed by atoms with Gasteiger partial charge in [0.05, 0.1) is 12.7 Å². The Balaban J connectivity index is 1.50. The maximum Gasteiger partial charge on any atom is 0.253 e. The largest absolute Gasteiger partial charge is 0.497 e. The Morgan fingerprint density at radius 3 is 2.59 bits per heavy atom. The van der Waals surface area contributed by atoms with Crippen LogP contribution in [-0.2, 0) is 6.42 Å². The Morgan fingerprint density at radius 2 is 1.94 bits per heavy atom. The smallest absolute Gasteiger partial charge is 0.253 e. The fraction of sp³-hybridized carbons (Fsp3) is 0.462. The molecule has 1 saturated heterocycles. The number of ether oxygens (including phenoxy) is 2. The molecule has 1 fully saturated rings. The van der Waals surface area contributed by atoms with Crippen molar-refractivity contribution in [3.8, 4) is 17.6 Å². The highest BCUT2D eigenvalue weighted by atomic mass is 16.5. The summed E-state index contributed by atoms with van der Waals surface area (Å²) in [6.45, 7) is 7.34. The summed E-state index contributed by atoms with van der Waals surface area (Å²) >= 11 is 0. The highest BCUT2D eigenvalue weighted by molar-refractivity contribution is 5.95. The fourth-order valence-corrected chi connectivity index (χ4v) is 3.88. The highest BCUT2D eigenvalue weighted by Gasteiger charge is 2.21. The van der Waals surface area contributed by atoms with Crippen molar-refractivity contribution in [1.82, 2.24) is 15.5 Å². The minimum atomic E-state index is -0.760. The third kappa shape index (κ3) is 7.19. The molecule has 0 radical (unpaired) electrons. The van der Waals surface area contributed by atoms with Crippen LogP contribution >= 0.6 is 0 Å². The number of aliphatic hydroxyl groups excluding tert-OH is 1. The molecule has 0 aliphatic carbocycles. The van der Waals surface area contributed by atoms with Crippen LogP contribution in [0.4, 0.5) is 0 Å². The summed E-state index contributed by atoms with van der Waals surface area (Å²) in [5.74, 6) is 1.09. The second-order valence-electron chi connectivity index (χ2n) is 9.12. The zero-order valence-corrected chi connectivity index (χ0v) is 20.1. The number of piperazine rings is 1. The molecule has 3 N–H and O–H groups in total.